The highest BCUT2D eigenvalue weighted by atomic mass is 35.5. The predicted molar refractivity (Wildman–Crippen MR) is 50.8 cm³/mol. The Morgan fingerprint density at radius 1 is 1.62 bits per heavy atom. The van der Waals surface area contributed by atoms with Crippen molar-refractivity contribution in [3.8, 4) is 0 Å². The Labute approximate surface area is 94.4 Å². The number of nitrogens with zero attached hydrogens (tertiary/aromatic N) is 2. The van der Waals surface area contributed by atoms with Gasteiger partial charge >= 0.3 is 6.18 Å². The Balaban J connectivity index is 2.75. The van der Waals surface area contributed by atoms with Crippen molar-refractivity contribution < 1.29 is 18.0 Å². The first-order chi connectivity index (χ1) is 7.34. The summed E-state index contributed by atoms with van der Waals surface area (Å²) >= 11 is 5.22. The molecule has 90 valence electrons. The average molecular weight is 256 g/mol. The summed E-state index contributed by atoms with van der Waals surface area (Å²) in [6.07, 6.45) is -4.48. The van der Waals surface area contributed by atoms with E-state index in [0.29, 0.717) is 0 Å². The van der Waals surface area contributed by atoms with Crippen LogP contribution in [0.5, 0.6) is 0 Å². The number of hydrogen-bond donors (Lipinski definition) is 1. The van der Waals surface area contributed by atoms with Gasteiger partial charge in [-0.15, -0.1) is 11.6 Å². The van der Waals surface area contributed by atoms with Crippen LogP contribution >= 0.6 is 11.6 Å². The minimum Gasteiger partial charge on any atom is -0.349 e. The van der Waals surface area contributed by atoms with E-state index in [9.17, 15) is 18.0 Å². The van der Waals surface area contributed by atoms with Crippen molar-refractivity contribution in [2.75, 3.05) is 5.88 Å². The lowest BCUT2D eigenvalue weighted by atomic mass is 10.3. The lowest BCUT2D eigenvalue weighted by molar-refractivity contribution is -0.141. The zero-order valence-electron chi connectivity index (χ0n) is 8.31. The summed E-state index contributed by atoms with van der Waals surface area (Å²) in [5, 5.41) is 5.65. The highest BCUT2D eigenvalue weighted by Crippen LogP contribution is 2.28. The number of carbonyl (C=O) groups is 1. The number of halogens is 4. The fraction of sp³-hybridized carbons (Fsp3) is 0.500. The van der Waals surface area contributed by atoms with Crippen molar-refractivity contribution >= 4 is 17.5 Å². The first kappa shape index (κ1) is 12.8. The Hall–Kier alpha value is -1.24. The van der Waals surface area contributed by atoms with Crippen molar-refractivity contribution in [1.29, 1.82) is 0 Å². The van der Waals surface area contributed by atoms with E-state index in [1.54, 1.807) is 0 Å². The molecule has 0 saturated heterocycles. The number of aryl methyl sites for hydroxylation is 1. The Morgan fingerprint density at radius 2 is 2.25 bits per heavy atom. The number of nitrogens with one attached hydrogen (secondary N) is 1. The van der Waals surface area contributed by atoms with Gasteiger partial charge in [-0.3, -0.25) is 9.48 Å². The third-order valence-corrected chi connectivity index (χ3v) is 2.10. The second-order valence-corrected chi connectivity index (χ2v) is 3.32. The third-order valence-electron chi connectivity index (χ3n) is 1.86. The third kappa shape index (κ3) is 3.13. The maximum absolute atomic E-state index is 12.3. The smallest absolute Gasteiger partial charge is 0.349 e. The van der Waals surface area contributed by atoms with Crippen LogP contribution in [0.1, 0.15) is 11.4 Å². The lowest BCUT2D eigenvalue weighted by Crippen LogP contribution is -2.24. The number of rotatable bonds is 3. The van der Waals surface area contributed by atoms with Crippen LogP contribution in [-0.2, 0) is 24.6 Å². The van der Waals surface area contributed by atoms with Crippen LogP contribution in [-0.4, -0.2) is 21.6 Å². The van der Waals surface area contributed by atoms with E-state index in [4.69, 9.17) is 11.6 Å². The Morgan fingerprint density at radius 3 is 2.69 bits per heavy atom. The molecule has 4 nitrogen and oxygen atoms in total. The normalized spacial score (nSPS) is 11.6. The number of amides is 1. The second kappa shape index (κ2) is 4.73. The van der Waals surface area contributed by atoms with Gasteiger partial charge in [0.2, 0.25) is 5.91 Å². The van der Waals surface area contributed by atoms with E-state index in [1.807, 2.05) is 0 Å². The molecule has 0 aliphatic rings. The highest BCUT2D eigenvalue weighted by molar-refractivity contribution is 6.27. The summed E-state index contributed by atoms with van der Waals surface area (Å²) in [7, 11) is 1.37. The van der Waals surface area contributed by atoms with Crippen LogP contribution in [0.3, 0.4) is 0 Å². The van der Waals surface area contributed by atoms with Gasteiger partial charge in [0, 0.05) is 7.05 Å². The molecule has 1 aromatic rings. The van der Waals surface area contributed by atoms with Crippen LogP contribution < -0.4 is 5.32 Å². The number of aromatic nitrogens is 2. The highest BCUT2D eigenvalue weighted by Gasteiger charge is 2.34. The van der Waals surface area contributed by atoms with Crippen LogP contribution in [0.4, 0.5) is 13.2 Å². The van der Waals surface area contributed by atoms with E-state index < -0.39 is 17.8 Å². The summed E-state index contributed by atoms with van der Waals surface area (Å²) in [5.74, 6) is -0.680. The van der Waals surface area contributed by atoms with E-state index in [-0.39, 0.29) is 18.1 Å². The maximum atomic E-state index is 12.3. The Bertz CT molecular complexity index is 388. The van der Waals surface area contributed by atoms with Crippen LogP contribution in [0.15, 0.2) is 6.07 Å². The van der Waals surface area contributed by atoms with E-state index >= 15 is 0 Å². The van der Waals surface area contributed by atoms with Gasteiger partial charge < -0.3 is 5.32 Å². The largest absolute Gasteiger partial charge is 0.435 e. The molecule has 1 aromatic heterocycles. The van der Waals surface area contributed by atoms with E-state index in [2.05, 4.69) is 10.4 Å². The van der Waals surface area contributed by atoms with E-state index in [0.717, 1.165) is 10.7 Å². The first-order valence-electron chi connectivity index (χ1n) is 4.27. The summed E-state index contributed by atoms with van der Waals surface area (Å²) in [4.78, 5) is 10.8. The summed E-state index contributed by atoms with van der Waals surface area (Å²) in [6.45, 7) is -0.0366. The maximum Gasteiger partial charge on any atom is 0.435 e. The lowest BCUT2D eigenvalue weighted by Gasteiger charge is -2.02. The molecule has 0 radical (unpaired) electrons. The molecular weight excluding hydrogens is 247 g/mol. The zero-order valence-corrected chi connectivity index (χ0v) is 9.06. The SMILES string of the molecule is Cn1nc(C(F)(F)F)cc1CNC(=O)CCl. The Kier molecular flexibility index (Phi) is 3.79. The molecule has 0 atom stereocenters. The van der Waals surface area contributed by atoms with Gasteiger partial charge in [0.15, 0.2) is 5.69 Å². The van der Waals surface area contributed by atoms with Gasteiger partial charge in [-0.25, -0.2) is 0 Å². The molecule has 0 aliphatic carbocycles. The van der Waals surface area contributed by atoms with Crippen LogP contribution in [0, 0.1) is 0 Å². The van der Waals surface area contributed by atoms with Gasteiger partial charge in [-0.1, -0.05) is 0 Å². The van der Waals surface area contributed by atoms with Gasteiger partial charge in [0.1, 0.15) is 5.88 Å². The van der Waals surface area contributed by atoms with Crippen molar-refractivity contribution in [1.82, 2.24) is 15.1 Å². The molecule has 0 aliphatic heterocycles. The van der Waals surface area contributed by atoms with Gasteiger partial charge in [-0.05, 0) is 6.07 Å². The summed E-state index contributed by atoms with van der Waals surface area (Å²) < 4.78 is 37.9. The number of carbonyl (C=O) groups excluding carboxylic acids is 1. The molecule has 0 saturated carbocycles. The molecule has 1 heterocycles. The number of hydrogen-bond acceptors (Lipinski definition) is 2. The fourth-order valence-electron chi connectivity index (χ4n) is 1.05. The number of alkyl halides is 4. The molecule has 0 unspecified atom stereocenters. The predicted octanol–water partition coefficient (Wildman–Crippen LogP) is 1.29. The molecule has 0 spiro atoms. The summed E-state index contributed by atoms with van der Waals surface area (Å²) in [6, 6.07) is 0.883. The minimum absolute atomic E-state index is 0.0366. The molecule has 0 bridgehead atoms. The molecule has 1 amide bonds. The molecule has 0 aromatic carbocycles. The van der Waals surface area contributed by atoms with Crippen molar-refractivity contribution in [3.05, 3.63) is 17.5 Å². The van der Waals surface area contributed by atoms with Crippen molar-refractivity contribution in [2.45, 2.75) is 12.7 Å². The second-order valence-electron chi connectivity index (χ2n) is 3.05. The fourth-order valence-corrected chi connectivity index (χ4v) is 1.14. The monoisotopic (exact) mass is 255 g/mol. The van der Waals surface area contributed by atoms with Crippen molar-refractivity contribution in [3.63, 3.8) is 0 Å². The molecular formula is C8H9ClF3N3O. The standard InChI is InChI=1S/C8H9ClF3N3O/c1-15-5(4-13-7(16)3-9)2-6(14-15)8(10,11)12/h2H,3-4H2,1H3,(H,13,16). The first-order valence-corrected chi connectivity index (χ1v) is 4.81. The van der Waals surface area contributed by atoms with Crippen molar-refractivity contribution in [2.24, 2.45) is 7.05 Å². The summed E-state index contributed by atoms with van der Waals surface area (Å²) in [5.41, 5.74) is -0.726. The molecule has 1 N–H and O–H groups in total. The van der Waals surface area contributed by atoms with Gasteiger partial charge in [-0.2, -0.15) is 18.3 Å². The topological polar surface area (TPSA) is 46.9 Å². The molecule has 16 heavy (non-hydrogen) atoms. The quantitative estimate of drug-likeness (QED) is 0.828. The van der Waals surface area contributed by atoms with Gasteiger partial charge in [0.05, 0.1) is 12.2 Å². The molecule has 8 heteroatoms. The van der Waals surface area contributed by atoms with Crippen LogP contribution in [0.2, 0.25) is 0 Å². The molecule has 0 fully saturated rings. The van der Waals surface area contributed by atoms with Gasteiger partial charge in [0.25, 0.3) is 0 Å². The average Bonchev–Trinajstić information content (AvgIpc) is 2.56. The minimum atomic E-state index is -4.48. The molecule has 1 rings (SSSR count). The zero-order chi connectivity index (χ0) is 12.3. The van der Waals surface area contributed by atoms with E-state index in [1.165, 1.54) is 7.05 Å². The van der Waals surface area contributed by atoms with Crippen LogP contribution in [0.25, 0.3) is 0 Å².